The first-order chi connectivity index (χ1) is 10.7. The van der Waals surface area contributed by atoms with Gasteiger partial charge in [0.15, 0.2) is 0 Å². The van der Waals surface area contributed by atoms with E-state index in [9.17, 15) is 0 Å². The summed E-state index contributed by atoms with van der Waals surface area (Å²) in [5, 5.41) is 0.687. The van der Waals surface area contributed by atoms with E-state index in [-0.39, 0.29) is 5.92 Å². The van der Waals surface area contributed by atoms with Gasteiger partial charge in [-0.05, 0) is 49.7 Å². The van der Waals surface area contributed by atoms with E-state index in [4.69, 9.17) is 26.8 Å². The fraction of sp³-hybridized carbons (Fsp3) is 0.333. The largest absolute Gasteiger partial charge is 0.496 e. The minimum Gasteiger partial charge on any atom is -0.496 e. The number of methoxy groups -OCH3 is 1. The number of para-hydroxylation sites is 1. The monoisotopic (exact) mass is 319 g/mol. The Morgan fingerprint density at radius 3 is 2.59 bits per heavy atom. The molecule has 0 spiro atoms. The fourth-order valence-electron chi connectivity index (χ4n) is 2.58. The third kappa shape index (κ3) is 3.93. The normalized spacial score (nSPS) is 12.0. The zero-order valence-electron chi connectivity index (χ0n) is 13.0. The van der Waals surface area contributed by atoms with Gasteiger partial charge in [-0.2, -0.15) is 0 Å². The van der Waals surface area contributed by atoms with Gasteiger partial charge in [-0.3, -0.25) is 0 Å². The number of ether oxygens (including phenoxy) is 2. The second-order valence-corrected chi connectivity index (χ2v) is 5.50. The van der Waals surface area contributed by atoms with Gasteiger partial charge in [0.2, 0.25) is 0 Å². The van der Waals surface area contributed by atoms with Gasteiger partial charge in [-0.25, -0.2) is 0 Å². The van der Waals surface area contributed by atoms with E-state index >= 15 is 0 Å². The highest BCUT2D eigenvalue weighted by Gasteiger charge is 2.18. The van der Waals surface area contributed by atoms with Crippen LogP contribution in [0.25, 0.3) is 0 Å². The van der Waals surface area contributed by atoms with Gasteiger partial charge in [0.25, 0.3) is 0 Å². The summed E-state index contributed by atoms with van der Waals surface area (Å²) in [4.78, 5) is 0. The van der Waals surface area contributed by atoms with Crippen LogP contribution in [-0.2, 0) is 6.42 Å². The summed E-state index contributed by atoms with van der Waals surface area (Å²) in [6, 6.07) is 13.7. The van der Waals surface area contributed by atoms with Crippen molar-refractivity contribution < 1.29 is 9.47 Å². The molecule has 0 aromatic heterocycles. The van der Waals surface area contributed by atoms with Crippen molar-refractivity contribution in [3.63, 3.8) is 0 Å². The molecular weight excluding hydrogens is 298 g/mol. The van der Waals surface area contributed by atoms with Gasteiger partial charge in [0.1, 0.15) is 11.5 Å². The maximum absolute atomic E-state index is 6.14. The molecule has 3 nitrogen and oxygen atoms in total. The fourth-order valence-corrected chi connectivity index (χ4v) is 2.76. The predicted octanol–water partition coefficient (Wildman–Crippen LogP) is 4.03. The molecule has 0 saturated carbocycles. The van der Waals surface area contributed by atoms with E-state index in [1.165, 1.54) is 0 Å². The Kier molecular flexibility index (Phi) is 6.10. The maximum Gasteiger partial charge on any atom is 0.122 e. The maximum atomic E-state index is 6.14. The minimum atomic E-state index is 0.121. The number of rotatable bonds is 7. The first-order valence-electron chi connectivity index (χ1n) is 7.43. The van der Waals surface area contributed by atoms with Crippen LogP contribution >= 0.6 is 11.6 Å². The van der Waals surface area contributed by atoms with E-state index in [2.05, 4.69) is 6.07 Å². The molecule has 22 heavy (non-hydrogen) atoms. The van der Waals surface area contributed by atoms with Crippen molar-refractivity contribution in [1.29, 1.82) is 0 Å². The Labute approximate surface area is 137 Å². The molecule has 0 saturated heterocycles. The number of hydrogen-bond donors (Lipinski definition) is 1. The molecule has 0 aliphatic rings. The average molecular weight is 320 g/mol. The van der Waals surface area contributed by atoms with Crippen molar-refractivity contribution >= 4 is 11.6 Å². The Bertz CT molecular complexity index is 616. The molecule has 1 unspecified atom stereocenters. The standard InChI is InChI=1S/C18H22ClNO2/c1-3-22-17-7-5-4-6-13(17)10-14(12-20)16-11-15(19)8-9-18(16)21-2/h4-9,11,14H,3,10,12,20H2,1-2H3. The van der Waals surface area contributed by atoms with Crippen molar-refractivity contribution in [2.75, 3.05) is 20.3 Å². The van der Waals surface area contributed by atoms with Crippen LogP contribution in [0.5, 0.6) is 11.5 Å². The Morgan fingerprint density at radius 2 is 1.91 bits per heavy atom. The van der Waals surface area contributed by atoms with Gasteiger partial charge in [0.05, 0.1) is 13.7 Å². The minimum absolute atomic E-state index is 0.121. The highest BCUT2D eigenvalue weighted by Crippen LogP contribution is 2.33. The van der Waals surface area contributed by atoms with Gasteiger partial charge in [-0.1, -0.05) is 29.8 Å². The topological polar surface area (TPSA) is 44.5 Å². The SMILES string of the molecule is CCOc1ccccc1CC(CN)c1cc(Cl)ccc1OC. The quantitative estimate of drug-likeness (QED) is 0.838. The van der Waals surface area contributed by atoms with Gasteiger partial charge in [-0.15, -0.1) is 0 Å². The smallest absolute Gasteiger partial charge is 0.122 e. The van der Waals surface area contributed by atoms with Crippen LogP contribution in [0.15, 0.2) is 42.5 Å². The second-order valence-electron chi connectivity index (χ2n) is 5.06. The van der Waals surface area contributed by atoms with Gasteiger partial charge < -0.3 is 15.2 Å². The molecule has 1 atom stereocenters. The Balaban J connectivity index is 2.32. The summed E-state index contributed by atoms with van der Waals surface area (Å²) in [6.07, 6.45) is 0.781. The molecule has 2 aromatic carbocycles. The summed E-state index contributed by atoms with van der Waals surface area (Å²) in [7, 11) is 1.66. The first kappa shape index (κ1) is 16.7. The molecule has 0 radical (unpaired) electrons. The summed E-state index contributed by atoms with van der Waals surface area (Å²) < 4.78 is 11.2. The first-order valence-corrected chi connectivity index (χ1v) is 7.81. The van der Waals surface area contributed by atoms with Crippen molar-refractivity contribution in [3.8, 4) is 11.5 Å². The number of nitrogens with two attached hydrogens (primary N) is 1. The predicted molar refractivity (Wildman–Crippen MR) is 91.1 cm³/mol. The average Bonchev–Trinajstić information content (AvgIpc) is 2.54. The van der Waals surface area contributed by atoms with Crippen molar-refractivity contribution in [1.82, 2.24) is 0 Å². The van der Waals surface area contributed by atoms with E-state index < -0.39 is 0 Å². The zero-order chi connectivity index (χ0) is 15.9. The van der Waals surface area contributed by atoms with E-state index in [0.29, 0.717) is 18.2 Å². The van der Waals surface area contributed by atoms with Crippen molar-refractivity contribution in [2.24, 2.45) is 5.73 Å². The molecule has 4 heteroatoms. The molecule has 0 aliphatic carbocycles. The molecule has 0 amide bonds. The molecule has 0 fully saturated rings. The second kappa shape index (κ2) is 8.06. The number of hydrogen-bond acceptors (Lipinski definition) is 3. The van der Waals surface area contributed by atoms with Crippen molar-refractivity contribution in [3.05, 3.63) is 58.6 Å². The summed E-state index contributed by atoms with van der Waals surface area (Å²) in [5.74, 6) is 1.84. The third-order valence-electron chi connectivity index (χ3n) is 3.65. The van der Waals surface area contributed by atoms with Crippen LogP contribution < -0.4 is 15.2 Å². The van der Waals surface area contributed by atoms with Crippen LogP contribution in [0.1, 0.15) is 24.0 Å². The van der Waals surface area contributed by atoms with E-state index in [0.717, 1.165) is 29.0 Å². The molecule has 0 heterocycles. The molecule has 0 bridgehead atoms. The lowest BCUT2D eigenvalue weighted by Crippen LogP contribution is -2.16. The molecular formula is C18H22ClNO2. The third-order valence-corrected chi connectivity index (χ3v) is 3.89. The molecule has 0 aliphatic heterocycles. The van der Waals surface area contributed by atoms with Crippen LogP contribution in [0.2, 0.25) is 5.02 Å². The van der Waals surface area contributed by atoms with Crippen LogP contribution in [0.3, 0.4) is 0 Å². The summed E-state index contributed by atoms with van der Waals surface area (Å²) in [6.45, 7) is 3.14. The van der Waals surface area contributed by atoms with Crippen LogP contribution in [0.4, 0.5) is 0 Å². The lowest BCUT2D eigenvalue weighted by atomic mass is 9.91. The van der Waals surface area contributed by atoms with Crippen LogP contribution in [-0.4, -0.2) is 20.3 Å². The highest BCUT2D eigenvalue weighted by atomic mass is 35.5. The summed E-state index contributed by atoms with van der Waals surface area (Å²) >= 11 is 6.14. The zero-order valence-corrected chi connectivity index (χ0v) is 13.8. The molecule has 118 valence electrons. The number of benzene rings is 2. The Morgan fingerprint density at radius 1 is 1.14 bits per heavy atom. The van der Waals surface area contributed by atoms with Crippen LogP contribution in [0, 0.1) is 0 Å². The molecule has 2 aromatic rings. The van der Waals surface area contributed by atoms with Gasteiger partial charge in [0, 0.05) is 16.5 Å². The van der Waals surface area contributed by atoms with E-state index in [1.807, 2.05) is 43.3 Å². The Hall–Kier alpha value is -1.71. The highest BCUT2D eigenvalue weighted by molar-refractivity contribution is 6.30. The van der Waals surface area contributed by atoms with E-state index in [1.54, 1.807) is 7.11 Å². The van der Waals surface area contributed by atoms with Crippen molar-refractivity contribution in [2.45, 2.75) is 19.3 Å². The lowest BCUT2D eigenvalue weighted by molar-refractivity contribution is 0.335. The van der Waals surface area contributed by atoms with Gasteiger partial charge >= 0.3 is 0 Å². The lowest BCUT2D eigenvalue weighted by Gasteiger charge is -2.20. The summed E-state index contributed by atoms with van der Waals surface area (Å²) in [5.41, 5.74) is 8.18. The number of halogens is 1. The molecule has 2 rings (SSSR count). The molecule has 2 N–H and O–H groups in total.